The summed E-state index contributed by atoms with van der Waals surface area (Å²) in [6.07, 6.45) is 2.19. The number of aromatic nitrogens is 1. The second kappa shape index (κ2) is 7.19. The summed E-state index contributed by atoms with van der Waals surface area (Å²) in [7, 11) is 0. The van der Waals surface area contributed by atoms with Crippen LogP contribution in [0.5, 0.6) is 0 Å². The molecule has 0 radical (unpaired) electrons. The number of hydroxylamine groups is 2. The minimum Gasteiger partial charge on any atom is -0.481 e. The third-order valence-electron chi connectivity index (χ3n) is 2.61. The fraction of sp³-hybridized carbons (Fsp3) is 0.333. The predicted octanol–water partition coefficient (Wildman–Crippen LogP) is 0.479. The fourth-order valence-electron chi connectivity index (χ4n) is 1.53. The Kier molecular flexibility index (Phi) is 5.60. The first-order chi connectivity index (χ1) is 9.41. The maximum absolute atomic E-state index is 11.8. The standard InChI is InChI=1S/C12H14N2O6/c15-10(16)2-1-9(12(18)19)7-14(20)11(17)8-3-5-13-6-4-8/h3-6,9,20H,1-2,7H2,(H,15,16)(H,18,19). The molecule has 0 spiro atoms. The van der Waals surface area contributed by atoms with Crippen LogP contribution in [-0.4, -0.2) is 49.9 Å². The minimum absolute atomic E-state index is 0.157. The van der Waals surface area contributed by atoms with Gasteiger partial charge in [0.2, 0.25) is 0 Å². The summed E-state index contributed by atoms with van der Waals surface area (Å²) in [6.45, 7) is -0.482. The lowest BCUT2D eigenvalue weighted by Crippen LogP contribution is -2.35. The van der Waals surface area contributed by atoms with Crippen molar-refractivity contribution < 1.29 is 29.8 Å². The van der Waals surface area contributed by atoms with Gasteiger partial charge in [0.05, 0.1) is 12.5 Å². The van der Waals surface area contributed by atoms with Crippen molar-refractivity contribution in [1.29, 1.82) is 0 Å². The first-order valence-corrected chi connectivity index (χ1v) is 5.77. The highest BCUT2D eigenvalue weighted by atomic mass is 16.5. The van der Waals surface area contributed by atoms with Crippen LogP contribution in [0.3, 0.4) is 0 Å². The van der Waals surface area contributed by atoms with Crippen LogP contribution in [0.15, 0.2) is 24.5 Å². The zero-order valence-corrected chi connectivity index (χ0v) is 10.5. The van der Waals surface area contributed by atoms with E-state index < -0.39 is 30.3 Å². The minimum atomic E-state index is -1.27. The van der Waals surface area contributed by atoms with Crippen LogP contribution in [0.4, 0.5) is 0 Å². The number of amides is 1. The monoisotopic (exact) mass is 282 g/mol. The number of rotatable bonds is 7. The molecule has 0 bridgehead atoms. The van der Waals surface area contributed by atoms with Gasteiger partial charge in [-0.05, 0) is 18.6 Å². The molecule has 3 N–H and O–H groups in total. The Morgan fingerprint density at radius 1 is 1.20 bits per heavy atom. The van der Waals surface area contributed by atoms with Gasteiger partial charge in [-0.2, -0.15) is 0 Å². The fourth-order valence-corrected chi connectivity index (χ4v) is 1.53. The number of pyridine rings is 1. The van der Waals surface area contributed by atoms with Gasteiger partial charge >= 0.3 is 11.9 Å². The average Bonchev–Trinajstić information content (AvgIpc) is 2.42. The van der Waals surface area contributed by atoms with Crippen molar-refractivity contribution in [3.63, 3.8) is 0 Å². The van der Waals surface area contributed by atoms with E-state index in [9.17, 15) is 19.6 Å². The molecule has 8 nitrogen and oxygen atoms in total. The summed E-state index contributed by atoms with van der Waals surface area (Å²) in [5, 5.41) is 27.3. The Morgan fingerprint density at radius 2 is 1.80 bits per heavy atom. The van der Waals surface area contributed by atoms with Crippen LogP contribution >= 0.6 is 0 Å². The Morgan fingerprint density at radius 3 is 2.30 bits per heavy atom. The normalized spacial score (nSPS) is 11.7. The van der Waals surface area contributed by atoms with Crippen LogP contribution < -0.4 is 0 Å². The maximum atomic E-state index is 11.8. The number of nitrogens with zero attached hydrogens (tertiary/aromatic N) is 2. The van der Waals surface area contributed by atoms with E-state index in [0.717, 1.165) is 0 Å². The SMILES string of the molecule is O=C(O)CCC(CN(O)C(=O)c1ccncc1)C(=O)O. The van der Waals surface area contributed by atoms with Gasteiger partial charge in [0.25, 0.3) is 5.91 Å². The molecule has 1 unspecified atom stereocenters. The number of carboxylic acids is 2. The van der Waals surface area contributed by atoms with Gasteiger partial charge in [0.15, 0.2) is 0 Å². The van der Waals surface area contributed by atoms with E-state index in [-0.39, 0.29) is 23.5 Å². The third kappa shape index (κ3) is 4.65. The van der Waals surface area contributed by atoms with Crippen LogP contribution in [0.1, 0.15) is 23.2 Å². The van der Waals surface area contributed by atoms with Gasteiger partial charge in [0.1, 0.15) is 0 Å². The molecule has 0 saturated carbocycles. The molecule has 0 saturated heterocycles. The lowest BCUT2D eigenvalue weighted by molar-refractivity contribution is -0.147. The quantitative estimate of drug-likeness (QED) is 0.490. The first kappa shape index (κ1) is 15.6. The van der Waals surface area contributed by atoms with E-state index in [0.29, 0.717) is 0 Å². The molecular formula is C12H14N2O6. The Labute approximate surface area is 114 Å². The molecule has 0 aromatic carbocycles. The van der Waals surface area contributed by atoms with Gasteiger partial charge in [-0.15, -0.1) is 0 Å². The second-order valence-electron chi connectivity index (χ2n) is 4.09. The molecule has 0 aliphatic rings. The number of hydrogen-bond acceptors (Lipinski definition) is 5. The van der Waals surface area contributed by atoms with E-state index in [4.69, 9.17) is 10.2 Å². The molecule has 8 heteroatoms. The van der Waals surface area contributed by atoms with Crippen LogP contribution in [0, 0.1) is 5.92 Å². The summed E-state index contributed by atoms with van der Waals surface area (Å²) in [4.78, 5) is 36.9. The van der Waals surface area contributed by atoms with E-state index in [1.807, 2.05) is 0 Å². The van der Waals surface area contributed by atoms with Crippen molar-refractivity contribution in [1.82, 2.24) is 10.0 Å². The van der Waals surface area contributed by atoms with E-state index in [1.165, 1.54) is 24.5 Å². The molecular weight excluding hydrogens is 268 g/mol. The highest BCUT2D eigenvalue weighted by Gasteiger charge is 2.24. The largest absolute Gasteiger partial charge is 0.481 e. The highest BCUT2D eigenvalue weighted by molar-refractivity contribution is 5.93. The lowest BCUT2D eigenvalue weighted by atomic mass is 10.0. The van der Waals surface area contributed by atoms with E-state index in [1.54, 1.807) is 0 Å². The molecule has 1 aromatic heterocycles. The summed E-state index contributed by atoms with van der Waals surface area (Å²) in [5.74, 6) is -4.33. The summed E-state index contributed by atoms with van der Waals surface area (Å²) < 4.78 is 0. The molecule has 0 aliphatic carbocycles. The molecule has 0 aliphatic heterocycles. The van der Waals surface area contributed by atoms with E-state index in [2.05, 4.69) is 4.98 Å². The smallest absolute Gasteiger partial charge is 0.308 e. The van der Waals surface area contributed by atoms with Gasteiger partial charge in [-0.3, -0.25) is 24.6 Å². The molecule has 108 valence electrons. The lowest BCUT2D eigenvalue weighted by Gasteiger charge is -2.19. The Bertz CT molecular complexity index is 490. The number of carbonyl (C=O) groups excluding carboxylic acids is 1. The van der Waals surface area contributed by atoms with Crippen LogP contribution in [-0.2, 0) is 9.59 Å². The number of carboxylic acid groups (broad SMARTS) is 2. The third-order valence-corrected chi connectivity index (χ3v) is 2.61. The molecule has 1 atom stereocenters. The van der Waals surface area contributed by atoms with Gasteiger partial charge in [-0.1, -0.05) is 0 Å². The van der Waals surface area contributed by atoms with Crippen molar-refractivity contribution in [3.8, 4) is 0 Å². The van der Waals surface area contributed by atoms with Crippen LogP contribution in [0.2, 0.25) is 0 Å². The summed E-state index contributed by atoms with van der Waals surface area (Å²) in [6, 6.07) is 2.75. The van der Waals surface area contributed by atoms with Gasteiger partial charge in [-0.25, -0.2) is 5.06 Å². The van der Waals surface area contributed by atoms with Crippen molar-refractivity contribution >= 4 is 17.8 Å². The Hall–Kier alpha value is -2.48. The Balaban J connectivity index is 2.66. The molecule has 1 heterocycles. The van der Waals surface area contributed by atoms with Crippen molar-refractivity contribution in [2.45, 2.75) is 12.8 Å². The molecule has 1 rings (SSSR count). The topological polar surface area (TPSA) is 128 Å². The molecule has 20 heavy (non-hydrogen) atoms. The maximum Gasteiger partial charge on any atom is 0.308 e. The number of carbonyl (C=O) groups is 3. The van der Waals surface area contributed by atoms with Gasteiger partial charge < -0.3 is 10.2 Å². The first-order valence-electron chi connectivity index (χ1n) is 5.77. The molecule has 0 fully saturated rings. The van der Waals surface area contributed by atoms with E-state index >= 15 is 0 Å². The number of aliphatic carboxylic acids is 2. The summed E-state index contributed by atoms with van der Waals surface area (Å²) in [5.41, 5.74) is 0.157. The highest BCUT2D eigenvalue weighted by Crippen LogP contribution is 2.11. The average molecular weight is 282 g/mol. The zero-order valence-electron chi connectivity index (χ0n) is 10.5. The number of hydrogen-bond donors (Lipinski definition) is 3. The van der Waals surface area contributed by atoms with Gasteiger partial charge in [0, 0.05) is 24.4 Å². The van der Waals surface area contributed by atoms with Crippen molar-refractivity contribution in [2.24, 2.45) is 5.92 Å². The second-order valence-corrected chi connectivity index (χ2v) is 4.09. The molecule has 1 aromatic rings. The predicted molar refractivity (Wildman–Crippen MR) is 65.1 cm³/mol. The van der Waals surface area contributed by atoms with Crippen molar-refractivity contribution in [3.05, 3.63) is 30.1 Å². The molecule has 1 amide bonds. The summed E-state index contributed by atoms with van der Waals surface area (Å²) >= 11 is 0. The zero-order chi connectivity index (χ0) is 15.1. The van der Waals surface area contributed by atoms with Crippen molar-refractivity contribution in [2.75, 3.05) is 6.54 Å². The van der Waals surface area contributed by atoms with Crippen LogP contribution in [0.25, 0.3) is 0 Å².